The SMILES string of the molecule is Nc1nc(Sc2ccc(F)cc2F)nc(N2CCCC2)n1. The third kappa shape index (κ3) is 3.21. The normalized spacial score (nSPS) is 14.7. The second-order valence-electron chi connectivity index (χ2n) is 4.65. The second-order valence-corrected chi connectivity index (χ2v) is 5.66. The maximum atomic E-state index is 13.7. The van der Waals surface area contributed by atoms with Crippen molar-refractivity contribution in [3.8, 4) is 0 Å². The molecule has 1 saturated heterocycles. The molecule has 1 aliphatic heterocycles. The van der Waals surface area contributed by atoms with E-state index in [2.05, 4.69) is 15.0 Å². The van der Waals surface area contributed by atoms with E-state index in [9.17, 15) is 8.78 Å². The molecule has 2 heterocycles. The van der Waals surface area contributed by atoms with Gasteiger partial charge >= 0.3 is 0 Å². The maximum Gasteiger partial charge on any atom is 0.231 e. The largest absolute Gasteiger partial charge is 0.368 e. The molecule has 1 aromatic carbocycles. The van der Waals surface area contributed by atoms with Crippen LogP contribution in [0, 0.1) is 11.6 Å². The molecule has 3 rings (SSSR count). The Balaban J connectivity index is 1.87. The molecule has 0 radical (unpaired) electrons. The zero-order chi connectivity index (χ0) is 14.8. The van der Waals surface area contributed by atoms with E-state index in [0.29, 0.717) is 11.1 Å². The highest BCUT2D eigenvalue weighted by molar-refractivity contribution is 7.99. The molecule has 5 nitrogen and oxygen atoms in total. The Morgan fingerprint density at radius 3 is 2.57 bits per heavy atom. The summed E-state index contributed by atoms with van der Waals surface area (Å²) in [6.07, 6.45) is 2.17. The van der Waals surface area contributed by atoms with Gasteiger partial charge in [-0.15, -0.1) is 0 Å². The first-order valence-electron chi connectivity index (χ1n) is 6.51. The first-order chi connectivity index (χ1) is 10.1. The summed E-state index contributed by atoms with van der Waals surface area (Å²) in [5.74, 6) is -0.673. The molecule has 0 unspecified atom stereocenters. The molecule has 2 N–H and O–H groups in total. The molecule has 1 aromatic heterocycles. The van der Waals surface area contributed by atoms with E-state index in [0.717, 1.165) is 43.8 Å². The number of rotatable bonds is 3. The standard InChI is InChI=1S/C13H13F2N5S/c14-8-3-4-10(9(15)7-8)21-13-18-11(16)17-12(19-13)20-5-1-2-6-20/h3-4,7H,1-2,5-6H2,(H2,16,17,18,19). The molecule has 21 heavy (non-hydrogen) atoms. The van der Waals surface area contributed by atoms with Gasteiger partial charge in [-0.2, -0.15) is 15.0 Å². The Morgan fingerprint density at radius 1 is 1.10 bits per heavy atom. The molecule has 2 aromatic rings. The van der Waals surface area contributed by atoms with E-state index in [1.54, 1.807) is 0 Å². The van der Waals surface area contributed by atoms with Crippen LogP contribution in [-0.2, 0) is 0 Å². The van der Waals surface area contributed by atoms with Gasteiger partial charge in [-0.3, -0.25) is 0 Å². The number of halogens is 2. The number of nitrogen functional groups attached to an aromatic ring is 1. The summed E-state index contributed by atoms with van der Waals surface area (Å²) in [5, 5.41) is 0.301. The van der Waals surface area contributed by atoms with Gasteiger partial charge in [-0.05, 0) is 36.7 Å². The quantitative estimate of drug-likeness (QED) is 0.939. The molecule has 1 aliphatic rings. The zero-order valence-electron chi connectivity index (χ0n) is 11.1. The van der Waals surface area contributed by atoms with Gasteiger partial charge in [0.1, 0.15) is 11.6 Å². The lowest BCUT2D eigenvalue weighted by molar-refractivity contribution is 0.565. The average Bonchev–Trinajstić information content (AvgIpc) is 2.95. The third-order valence-corrected chi connectivity index (χ3v) is 4.02. The molecule has 1 fully saturated rings. The third-order valence-electron chi connectivity index (χ3n) is 3.10. The number of nitrogens with zero attached hydrogens (tertiary/aromatic N) is 4. The second kappa shape index (κ2) is 5.80. The number of anilines is 2. The van der Waals surface area contributed by atoms with Gasteiger partial charge < -0.3 is 10.6 Å². The fourth-order valence-corrected chi connectivity index (χ4v) is 2.88. The molecule has 8 heteroatoms. The van der Waals surface area contributed by atoms with Gasteiger partial charge in [-0.25, -0.2) is 8.78 Å². The Morgan fingerprint density at radius 2 is 1.86 bits per heavy atom. The van der Waals surface area contributed by atoms with Crippen molar-refractivity contribution in [2.75, 3.05) is 23.7 Å². The number of hydrogen-bond acceptors (Lipinski definition) is 6. The Kier molecular flexibility index (Phi) is 3.87. The van der Waals surface area contributed by atoms with Crippen molar-refractivity contribution >= 4 is 23.7 Å². The van der Waals surface area contributed by atoms with Crippen LogP contribution in [0.4, 0.5) is 20.7 Å². The van der Waals surface area contributed by atoms with Crippen molar-refractivity contribution < 1.29 is 8.78 Å². The highest BCUT2D eigenvalue weighted by Gasteiger charge is 2.17. The predicted octanol–water partition coefficient (Wildman–Crippen LogP) is 2.48. The minimum atomic E-state index is -0.651. The van der Waals surface area contributed by atoms with Gasteiger partial charge in [0.2, 0.25) is 11.9 Å². The van der Waals surface area contributed by atoms with Crippen molar-refractivity contribution in [2.45, 2.75) is 22.9 Å². The van der Waals surface area contributed by atoms with Crippen molar-refractivity contribution in [2.24, 2.45) is 0 Å². The minimum Gasteiger partial charge on any atom is -0.368 e. The number of aromatic nitrogens is 3. The lowest BCUT2D eigenvalue weighted by atomic mass is 10.3. The summed E-state index contributed by atoms with van der Waals surface area (Å²) in [6.45, 7) is 1.75. The van der Waals surface area contributed by atoms with Crippen LogP contribution in [0.3, 0.4) is 0 Å². The molecule has 0 atom stereocenters. The van der Waals surface area contributed by atoms with Gasteiger partial charge in [0.15, 0.2) is 5.16 Å². The van der Waals surface area contributed by atoms with Crippen LogP contribution in [0.5, 0.6) is 0 Å². The van der Waals surface area contributed by atoms with Crippen molar-refractivity contribution in [3.63, 3.8) is 0 Å². The summed E-state index contributed by atoms with van der Waals surface area (Å²) >= 11 is 0.999. The summed E-state index contributed by atoms with van der Waals surface area (Å²) in [6, 6.07) is 3.37. The molecular formula is C13H13F2N5S. The van der Waals surface area contributed by atoms with Crippen LogP contribution in [0.25, 0.3) is 0 Å². The van der Waals surface area contributed by atoms with E-state index in [1.165, 1.54) is 12.1 Å². The summed E-state index contributed by atoms with van der Waals surface area (Å²) < 4.78 is 26.6. The summed E-state index contributed by atoms with van der Waals surface area (Å²) in [5.41, 5.74) is 5.69. The lowest BCUT2D eigenvalue weighted by Gasteiger charge is -2.15. The van der Waals surface area contributed by atoms with Gasteiger partial charge in [-0.1, -0.05) is 0 Å². The highest BCUT2D eigenvalue weighted by Crippen LogP contribution is 2.29. The van der Waals surface area contributed by atoms with Crippen molar-refractivity contribution in [1.29, 1.82) is 0 Å². The van der Waals surface area contributed by atoms with E-state index >= 15 is 0 Å². The monoisotopic (exact) mass is 309 g/mol. The van der Waals surface area contributed by atoms with Crippen LogP contribution >= 0.6 is 11.8 Å². The van der Waals surface area contributed by atoms with Gasteiger partial charge in [0, 0.05) is 19.2 Å². The first kappa shape index (κ1) is 14.0. The Hall–Kier alpha value is -1.96. The van der Waals surface area contributed by atoms with E-state index in [1.807, 2.05) is 4.90 Å². The topological polar surface area (TPSA) is 67.9 Å². The van der Waals surface area contributed by atoms with Crippen LogP contribution < -0.4 is 10.6 Å². The van der Waals surface area contributed by atoms with E-state index < -0.39 is 11.6 Å². The van der Waals surface area contributed by atoms with Crippen LogP contribution in [0.2, 0.25) is 0 Å². The smallest absolute Gasteiger partial charge is 0.231 e. The zero-order valence-corrected chi connectivity index (χ0v) is 11.9. The summed E-state index contributed by atoms with van der Waals surface area (Å²) in [7, 11) is 0. The van der Waals surface area contributed by atoms with Crippen molar-refractivity contribution in [1.82, 2.24) is 15.0 Å². The molecular weight excluding hydrogens is 296 g/mol. The van der Waals surface area contributed by atoms with Crippen LogP contribution in [0.1, 0.15) is 12.8 Å². The fraction of sp³-hybridized carbons (Fsp3) is 0.308. The Labute approximate surface area is 124 Å². The predicted molar refractivity (Wildman–Crippen MR) is 76.2 cm³/mol. The number of benzene rings is 1. The lowest BCUT2D eigenvalue weighted by Crippen LogP contribution is -2.21. The number of hydrogen-bond donors (Lipinski definition) is 1. The highest BCUT2D eigenvalue weighted by atomic mass is 32.2. The maximum absolute atomic E-state index is 13.7. The molecule has 0 bridgehead atoms. The minimum absolute atomic E-state index is 0.0944. The molecule has 0 aliphatic carbocycles. The van der Waals surface area contributed by atoms with Crippen molar-refractivity contribution in [3.05, 3.63) is 29.8 Å². The average molecular weight is 309 g/mol. The van der Waals surface area contributed by atoms with Crippen LogP contribution in [-0.4, -0.2) is 28.0 Å². The molecule has 110 valence electrons. The molecule has 0 spiro atoms. The summed E-state index contributed by atoms with van der Waals surface area (Å²) in [4.78, 5) is 14.7. The van der Waals surface area contributed by atoms with Gasteiger partial charge in [0.05, 0.1) is 4.90 Å². The molecule has 0 saturated carbocycles. The Bertz CT molecular complexity index is 661. The van der Waals surface area contributed by atoms with Gasteiger partial charge in [0.25, 0.3) is 0 Å². The van der Waals surface area contributed by atoms with E-state index in [4.69, 9.17) is 5.73 Å². The molecule has 0 amide bonds. The van der Waals surface area contributed by atoms with Crippen LogP contribution in [0.15, 0.2) is 28.3 Å². The fourth-order valence-electron chi connectivity index (χ4n) is 2.12. The number of nitrogens with two attached hydrogens (primary N) is 1. The van der Waals surface area contributed by atoms with E-state index in [-0.39, 0.29) is 10.8 Å². The first-order valence-corrected chi connectivity index (χ1v) is 7.33.